The van der Waals surface area contributed by atoms with Gasteiger partial charge in [-0.1, -0.05) is 0 Å². The van der Waals surface area contributed by atoms with Crippen LogP contribution in [-0.2, 0) is 4.74 Å². The van der Waals surface area contributed by atoms with Gasteiger partial charge < -0.3 is 24.6 Å². The molecule has 2 fully saturated rings. The summed E-state index contributed by atoms with van der Waals surface area (Å²) in [6, 6.07) is 0. The molecule has 0 amide bonds. The SMILES string of the molecule is CN=C(NCC1CCCO1)N1CCN(c2ncc(Br)c(OC)n2)CC1. The van der Waals surface area contributed by atoms with Crippen molar-refractivity contribution in [3.05, 3.63) is 10.7 Å². The first-order valence-electron chi connectivity index (χ1n) is 8.60. The van der Waals surface area contributed by atoms with Crippen LogP contribution in [0.25, 0.3) is 0 Å². The van der Waals surface area contributed by atoms with Crippen LogP contribution in [0.1, 0.15) is 12.8 Å². The normalized spacial score (nSPS) is 21.6. The number of nitrogens with one attached hydrogen (secondary N) is 1. The van der Waals surface area contributed by atoms with Gasteiger partial charge in [-0.15, -0.1) is 0 Å². The van der Waals surface area contributed by atoms with Crippen LogP contribution in [0.4, 0.5) is 5.95 Å². The molecule has 0 bridgehead atoms. The van der Waals surface area contributed by atoms with Crippen LogP contribution in [0, 0.1) is 0 Å². The first-order valence-corrected chi connectivity index (χ1v) is 9.39. The Morgan fingerprint density at radius 1 is 1.44 bits per heavy atom. The Labute approximate surface area is 156 Å². The number of anilines is 1. The van der Waals surface area contributed by atoms with Gasteiger partial charge >= 0.3 is 0 Å². The smallest absolute Gasteiger partial charge is 0.232 e. The summed E-state index contributed by atoms with van der Waals surface area (Å²) in [6.07, 6.45) is 4.32. The van der Waals surface area contributed by atoms with E-state index in [1.54, 1.807) is 13.3 Å². The van der Waals surface area contributed by atoms with E-state index in [1.807, 2.05) is 7.05 Å². The van der Waals surface area contributed by atoms with Crippen LogP contribution >= 0.6 is 15.9 Å². The zero-order valence-corrected chi connectivity index (χ0v) is 16.3. The van der Waals surface area contributed by atoms with E-state index in [0.717, 1.165) is 62.6 Å². The zero-order valence-electron chi connectivity index (χ0n) is 14.7. The van der Waals surface area contributed by atoms with Crippen molar-refractivity contribution in [3.8, 4) is 5.88 Å². The van der Waals surface area contributed by atoms with Gasteiger partial charge in [0.1, 0.15) is 0 Å². The predicted octanol–water partition coefficient (Wildman–Crippen LogP) is 1.12. The molecule has 25 heavy (non-hydrogen) atoms. The molecule has 0 saturated carbocycles. The van der Waals surface area contributed by atoms with E-state index in [1.165, 1.54) is 0 Å². The first-order chi connectivity index (χ1) is 12.2. The number of rotatable bonds is 4. The number of guanidine groups is 1. The molecule has 8 nitrogen and oxygen atoms in total. The second-order valence-corrected chi connectivity index (χ2v) is 6.92. The number of hydrogen-bond acceptors (Lipinski definition) is 6. The van der Waals surface area contributed by atoms with Gasteiger partial charge in [0.15, 0.2) is 5.96 Å². The Bertz CT molecular complexity index is 600. The van der Waals surface area contributed by atoms with Crippen molar-refractivity contribution in [1.82, 2.24) is 20.2 Å². The standard InChI is InChI=1S/C16H25BrN6O2/c1-18-15(19-10-12-4-3-9-25-12)22-5-7-23(8-6-22)16-20-11-13(17)14(21-16)24-2/h11-12H,3-10H2,1-2H3,(H,18,19). The Kier molecular flexibility index (Phi) is 6.30. The van der Waals surface area contributed by atoms with E-state index in [0.29, 0.717) is 17.9 Å². The molecule has 1 atom stereocenters. The average Bonchev–Trinajstić information content (AvgIpc) is 3.17. The molecule has 2 aliphatic rings. The van der Waals surface area contributed by atoms with E-state index < -0.39 is 0 Å². The lowest BCUT2D eigenvalue weighted by Crippen LogP contribution is -2.53. The number of aromatic nitrogens is 2. The summed E-state index contributed by atoms with van der Waals surface area (Å²) >= 11 is 3.39. The van der Waals surface area contributed by atoms with Crippen LogP contribution in [0.2, 0.25) is 0 Å². The third kappa shape index (κ3) is 4.52. The van der Waals surface area contributed by atoms with Crippen molar-refractivity contribution in [2.24, 2.45) is 4.99 Å². The third-order valence-corrected chi connectivity index (χ3v) is 5.02. The lowest BCUT2D eigenvalue weighted by molar-refractivity contribution is 0.113. The van der Waals surface area contributed by atoms with Gasteiger partial charge in [0.25, 0.3) is 0 Å². The molecule has 3 heterocycles. The average molecular weight is 413 g/mol. The summed E-state index contributed by atoms with van der Waals surface area (Å²) < 4.78 is 11.7. The van der Waals surface area contributed by atoms with E-state index in [2.05, 4.69) is 46.0 Å². The summed E-state index contributed by atoms with van der Waals surface area (Å²) in [4.78, 5) is 17.7. The Morgan fingerprint density at radius 2 is 2.24 bits per heavy atom. The zero-order chi connectivity index (χ0) is 17.6. The molecule has 9 heteroatoms. The molecular weight excluding hydrogens is 388 g/mol. The molecule has 3 rings (SSSR count). The molecule has 1 N–H and O–H groups in total. The van der Waals surface area contributed by atoms with Crippen molar-refractivity contribution < 1.29 is 9.47 Å². The minimum Gasteiger partial charge on any atom is -0.480 e. The second kappa shape index (κ2) is 8.66. The molecule has 0 aliphatic carbocycles. The Hall–Kier alpha value is -1.61. The van der Waals surface area contributed by atoms with Crippen LogP contribution in [0.15, 0.2) is 15.7 Å². The predicted molar refractivity (Wildman–Crippen MR) is 100 cm³/mol. The van der Waals surface area contributed by atoms with E-state index in [4.69, 9.17) is 9.47 Å². The molecule has 1 aromatic rings. The van der Waals surface area contributed by atoms with Gasteiger partial charge in [0.05, 0.1) is 23.9 Å². The highest BCUT2D eigenvalue weighted by Gasteiger charge is 2.23. The van der Waals surface area contributed by atoms with Gasteiger partial charge in [-0.3, -0.25) is 4.99 Å². The van der Waals surface area contributed by atoms with Gasteiger partial charge in [0.2, 0.25) is 11.8 Å². The quantitative estimate of drug-likeness (QED) is 0.586. The van der Waals surface area contributed by atoms with Gasteiger partial charge in [0, 0.05) is 46.4 Å². The fourth-order valence-electron chi connectivity index (χ4n) is 3.10. The Morgan fingerprint density at radius 3 is 2.88 bits per heavy atom. The summed E-state index contributed by atoms with van der Waals surface area (Å²) in [7, 11) is 3.44. The van der Waals surface area contributed by atoms with Gasteiger partial charge in [-0.2, -0.15) is 4.98 Å². The monoisotopic (exact) mass is 412 g/mol. The highest BCUT2D eigenvalue weighted by atomic mass is 79.9. The summed E-state index contributed by atoms with van der Waals surface area (Å²) in [6.45, 7) is 5.11. The minimum atomic E-state index is 0.307. The largest absolute Gasteiger partial charge is 0.480 e. The van der Waals surface area contributed by atoms with E-state index >= 15 is 0 Å². The van der Waals surface area contributed by atoms with Gasteiger partial charge in [-0.05, 0) is 28.8 Å². The molecule has 0 aromatic carbocycles. The van der Waals surface area contributed by atoms with Gasteiger partial charge in [-0.25, -0.2) is 4.98 Å². The number of piperazine rings is 1. The summed E-state index contributed by atoms with van der Waals surface area (Å²) in [5.74, 6) is 2.19. The van der Waals surface area contributed by atoms with E-state index in [9.17, 15) is 0 Å². The molecule has 0 radical (unpaired) electrons. The molecule has 2 aliphatic heterocycles. The highest BCUT2D eigenvalue weighted by molar-refractivity contribution is 9.10. The summed E-state index contributed by atoms with van der Waals surface area (Å²) in [5, 5.41) is 3.44. The minimum absolute atomic E-state index is 0.307. The number of ether oxygens (including phenoxy) is 2. The maximum Gasteiger partial charge on any atom is 0.232 e. The summed E-state index contributed by atoms with van der Waals surface area (Å²) in [5.41, 5.74) is 0. The third-order valence-electron chi connectivity index (χ3n) is 4.48. The molecule has 1 unspecified atom stereocenters. The second-order valence-electron chi connectivity index (χ2n) is 6.06. The number of hydrogen-bond donors (Lipinski definition) is 1. The van der Waals surface area contributed by atoms with Crippen molar-refractivity contribution in [3.63, 3.8) is 0 Å². The van der Waals surface area contributed by atoms with Crippen molar-refractivity contribution >= 4 is 27.8 Å². The Balaban J connectivity index is 1.53. The first kappa shape index (κ1) is 18.2. The highest BCUT2D eigenvalue weighted by Crippen LogP contribution is 2.23. The van der Waals surface area contributed by atoms with Crippen molar-refractivity contribution in [2.45, 2.75) is 18.9 Å². The number of nitrogens with zero attached hydrogens (tertiary/aromatic N) is 5. The van der Waals surface area contributed by atoms with Crippen molar-refractivity contribution in [2.75, 3.05) is 58.4 Å². The molecule has 138 valence electrons. The molecule has 2 saturated heterocycles. The molecular formula is C16H25BrN6O2. The number of halogens is 1. The topological polar surface area (TPSA) is 75.1 Å². The van der Waals surface area contributed by atoms with Crippen LogP contribution < -0.4 is 15.0 Å². The maximum absolute atomic E-state index is 5.67. The number of methoxy groups -OCH3 is 1. The maximum atomic E-state index is 5.67. The van der Waals surface area contributed by atoms with Crippen LogP contribution in [0.3, 0.4) is 0 Å². The number of aliphatic imine (C=N–C) groups is 1. The lowest BCUT2D eigenvalue weighted by Gasteiger charge is -2.36. The molecule has 0 spiro atoms. The fourth-order valence-corrected chi connectivity index (χ4v) is 3.45. The van der Waals surface area contributed by atoms with Crippen LogP contribution in [-0.4, -0.2) is 80.4 Å². The molecule has 1 aromatic heterocycles. The van der Waals surface area contributed by atoms with E-state index in [-0.39, 0.29) is 0 Å². The lowest BCUT2D eigenvalue weighted by atomic mass is 10.2. The van der Waals surface area contributed by atoms with Crippen LogP contribution in [0.5, 0.6) is 5.88 Å². The fraction of sp³-hybridized carbons (Fsp3) is 0.688. The van der Waals surface area contributed by atoms with Crippen molar-refractivity contribution in [1.29, 1.82) is 0 Å².